The fourth-order valence-corrected chi connectivity index (χ4v) is 1.54. The third-order valence-electron chi connectivity index (χ3n) is 2.58. The lowest BCUT2D eigenvalue weighted by Crippen LogP contribution is -2.03. The lowest BCUT2D eigenvalue weighted by molar-refractivity contribution is 1.04. The fourth-order valence-electron chi connectivity index (χ4n) is 1.54. The van der Waals surface area contributed by atoms with E-state index in [1.165, 1.54) is 0 Å². The van der Waals surface area contributed by atoms with Crippen LogP contribution in [0.2, 0.25) is 0 Å². The van der Waals surface area contributed by atoms with E-state index in [2.05, 4.69) is 21.6 Å². The largest absolute Gasteiger partial charge is 0.397 e. The number of nitrogen functional groups attached to an aromatic ring is 1. The van der Waals surface area contributed by atoms with Gasteiger partial charge in [-0.05, 0) is 25.1 Å². The quantitative estimate of drug-likeness (QED) is 0.697. The number of aryl methyl sites for hydroxylation is 1. The molecule has 0 aliphatic carbocycles. The molecule has 0 spiro atoms. The van der Waals surface area contributed by atoms with Crippen molar-refractivity contribution in [2.45, 2.75) is 13.5 Å². The summed E-state index contributed by atoms with van der Waals surface area (Å²) in [6.07, 6.45) is 1.78. The first-order valence-corrected chi connectivity index (χ1v) is 5.23. The van der Waals surface area contributed by atoms with Crippen molar-refractivity contribution in [3.05, 3.63) is 41.2 Å². The van der Waals surface area contributed by atoms with Gasteiger partial charge in [-0.2, -0.15) is 10.4 Å². The molecule has 2 aromatic rings. The molecule has 1 aromatic carbocycles. The number of nitriles is 1. The normalized spacial score (nSPS) is 9.88. The van der Waals surface area contributed by atoms with Gasteiger partial charge in [0.1, 0.15) is 0 Å². The van der Waals surface area contributed by atoms with E-state index in [4.69, 9.17) is 11.0 Å². The van der Waals surface area contributed by atoms with Crippen molar-refractivity contribution in [3.8, 4) is 6.07 Å². The zero-order valence-electron chi connectivity index (χ0n) is 9.49. The maximum atomic E-state index is 8.73. The van der Waals surface area contributed by atoms with Gasteiger partial charge in [-0.25, -0.2) is 0 Å². The number of benzene rings is 1. The van der Waals surface area contributed by atoms with Crippen molar-refractivity contribution < 1.29 is 0 Å². The van der Waals surface area contributed by atoms with Crippen LogP contribution in [-0.2, 0) is 6.54 Å². The molecule has 0 saturated heterocycles. The van der Waals surface area contributed by atoms with Gasteiger partial charge in [0.15, 0.2) is 0 Å². The van der Waals surface area contributed by atoms with E-state index in [1.54, 1.807) is 18.3 Å². The van der Waals surface area contributed by atoms with Crippen molar-refractivity contribution in [1.82, 2.24) is 10.2 Å². The Morgan fingerprint density at radius 2 is 2.35 bits per heavy atom. The average Bonchev–Trinajstić information content (AvgIpc) is 2.73. The Kier molecular flexibility index (Phi) is 2.97. The molecule has 5 nitrogen and oxygen atoms in total. The Hall–Kier alpha value is -2.48. The third-order valence-corrected chi connectivity index (χ3v) is 2.58. The molecule has 1 heterocycles. The van der Waals surface area contributed by atoms with E-state index < -0.39 is 0 Å². The summed E-state index contributed by atoms with van der Waals surface area (Å²) in [5.41, 5.74) is 9.92. The molecule has 0 fully saturated rings. The van der Waals surface area contributed by atoms with Gasteiger partial charge >= 0.3 is 0 Å². The van der Waals surface area contributed by atoms with Crippen LogP contribution in [-0.4, -0.2) is 10.2 Å². The number of nitrogens with zero attached hydrogens (tertiary/aromatic N) is 2. The first-order chi connectivity index (χ1) is 8.20. The molecule has 0 atom stereocenters. The van der Waals surface area contributed by atoms with Gasteiger partial charge in [0.05, 0.1) is 29.2 Å². The van der Waals surface area contributed by atoms with Crippen LogP contribution in [0.4, 0.5) is 11.4 Å². The Labute approximate surface area is 99.3 Å². The molecular weight excluding hydrogens is 214 g/mol. The number of rotatable bonds is 3. The summed E-state index contributed by atoms with van der Waals surface area (Å²) in [7, 11) is 0. The van der Waals surface area contributed by atoms with Gasteiger partial charge < -0.3 is 11.1 Å². The van der Waals surface area contributed by atoms with E-state index in [1.807, 2.05) is 13.0 Å². The Bertz CT molecular complexity index is 565. The Morgan fingerprint density at radius 1 is 1.53 bits per heavy atom. The maximum Gasteiger partial charge on any atom is 0.0992 e. The molecule has 0 amide bonds. The first-order valence-electron chi connectivity index (χ1n) is 5.23. The zero-order chi connectivity index (χ0) is 12.3. The summed E-state index contributed by atoms with van der Waals surface area (Å²) in [5, 5.41) is 18.8. The standard InChI is InChI=1S/C12H13N5/c1-8-10(7-16-17-8)6-15-12-3-2-9(5-13)4-11(12)14/h2-4,7,15H,6,14H2,1H3,(H,16,17). The average molecular weight is 227 g/mol. The van der Waals surface area contributed by atoms with Crippen LogP contribution in [0.15, 0.2) is 24.4 Å². The van der Waals surface area contributed by atoms with Crippen molar-refractivity contribution in [2.75, 3.05) is 11.1 Å². The summed E-state index contributed by atoms with van der Waals surface area (Å²) in [5.74, 6) is 0. The summed E-state index contributed by atoms with van der Waals surface area (Å²) in [6.45, 7) is 2.62. The van der Waals surface area contributed by atoms with Gasteiger partial charge in [0.2, 0.25) is 0 Å². The van der Waals surface area contributed by atoms with Gasteiger partial charge in [-0.15, -0.1) is 0 Å². The van der Waals surface area contributed by atoms with E-state index in [0.29, 0.717) is 17.8 Å². The topological polar surface area (TPSA) is 90.5 Å². The van der Waals surface area contributed by atoms with Crippen LogP contribution < -0.4 is 11.1 Å². The molecule has 0 saturated carbocycles. The highest BCUT2D eigenvalue weighted by molar-refractivity contribution is 5.68. The van der Waals surface area contributed by atoms with Gasteiger partial charge in [-0.1, -0.05) is 0 Å². The smallest absolute Gasteiger partial charge is 0.0992 e. The van der Waals surface area contributed by atoms with Crippen LogP contribution in [0.3, 0.4) is 0 Å². The molecular formula is C12H13N5. The van der Waals surface area contributed by atoms with Gasteiger partial charge in [0, 0.05) is 17.8 Å². The summed E-state index contributed by atoms with van der Waals surface area (Å²) in [4.78, 5) is 0. The molecule has 0 aliphatic heterocycles. The molecule has 17 heavy (non-hydrogen) atoms. The number of hydrogen-bond donors (Lipinski definition) is 3. The summed E-state index contributed by atoms with van der Waals surface area (Å²) in [6, 6.07) is 7.25. The number of nitrogens with two attached hydrogens (primary N) is 1. The van der Waals surface area contributed by atoms with E-state index in [9.17, 15) is 0 Å². The van der Waals surface area contributed by atoms with Crippen molar-refractivity contribution >= 4 is 11.4 Å². The van der Waals surface area contributed by atoms with Crippen LogP contribution >= 0.6 is 0 Å². The fraction of sp³-hybridized carbons (Fsp3) is 0.167. The van der Waals surface area contributed by atoms with Crippen molar-refractivity contribution in [2.24, 2.45) is 0 Å². The summed E-state index contributed by atoms with van der Waals surface area (Å²) < 4.78 is 0. The number of aromatic amines is 1. The Morgan fingerprint density at radius 3 is 2.94 bits per heavy atom. The highest BCUT2D eigenvalue weighted by Gasteiger charge is 2.03. The molecule has 0 bridgehead atoms. The number of aromatic nitrogens is 2. The van der Waals surface area contributed by atoms with E-state index in [-0.39, 0.29) is 0 Å². The summed E-state index contributed by atoms with van der Waals surface area (Å²) >= 11 is 0. The van der Waals surface area contributed by atoms with Gasteiger partial charge in [0.25, 0.3) is 0 Å². The van der Waals surface area contributed by atoms with Crippen LogP contribution in [0.1, 0.15) is 16.8 Å². The maximum absolute atomic E-state index is 8.73. The van der Waals surface area contributed by atoms with Crippen LogP contribution in [0.25, 0.3) is 0 Å². The number of nitrogens with one attached hydrogen (secondary N) is 2. The second kappa shape index (κ2) is 4.58. The third kappa shape index (κ3) is 2.37. The minimum absolute atomic E-state index is 0.563. The minimum atomic E-state index is 0.563. The molecule has 86 valence electrons. The highest BCUT2D eigenvalue weighted by Crippen LogP contribution is 2.20. The second-order valence-corrected chi connectivity index (χ2v) is 3.79. The van der Waals surface area contributed by atoms with Crippen LogP contribution in [0.5, 0.6) is 0 Å². The molecule has 0 aliphatic rings. The molecule has 2 rings (SSSR count). The molecule has 4 N–H and O–H groups in total. The molecule has 1 aromatic heterocycles. The first kappa shape index (κ1) is 11.0. The number of anilines is 2. The predicted molar refractivity (Wildman–Crippen MR) is 66.2 cm³/mol. The van der Waals surface area contributed by atoms with Crippen molar-refractivity contribution in [3.63, 3.8) is 0 Å². The second-order valence-electron chi connectivity index (χ2n) is 3.79. The molecule has 5 heteroatoms. The lowest BCUT2D eigenvalue weighted by atomic mass is 10.2. The SMILES string of the molecule is Cc1[nH]ncc1CNc1ccc(C#N)cc1N. The molecule has 0 unspecified atom stereocenters. The Balaban J connectivity index is 2.10. The zero-order valence-corrected chi connectivity index (χ0v) is 9.49. The number of hydrogen-bond acceptors (Lipinski definition) is 4. The van der Waals surface area contributed by atoms with E-state index in [0.717, 1.165) is 16.9 Å². The predicted octanol–water partition coefficient (Wildman–Crippen LogP) is 1.78. The van der Waals surface area contributed by atoms with E-state index >= 15 is 0 Å². The number of H-pyrrole nitrogens is 1. The van der Waals surface area contributed by atoms with Crippen molar-refractivity contribution in [1.29, 1.82) is 5.26 Å². The highest BCUT2D eigenvalue weighted by atomic mass is 15.1. The minimum Gasteiger partial charge on any atom is -0.397 e. The van der Waals surface area contributed by atoms with Gasteiger partial charge in [-0.3, -0.25) is 5.10 Å². The van der Waals surface area contributed by atoms with Crippen LogP contribution in [0, 0.1) is 18.3 Å². The molecule has 0 radical (unpaired) electrons. The monoisotopic (exact) mass is 227 g/mol. The lowest BCUT2D eigenvalue weighted by Gasteiger charge is -2.08.